The third-order valence-corrected chi connectivity index (χ3v) is 4.32. The molecule has 1 aliphatic heterocycles. The summed E-state index contributed by atoms with van der Waals surface area (Å²) in [6.45, 7) is 4.92. The van der Waals surface area contributed by atoms with E-state index in [2.05, 4.69) is 17.2 Å². The van der Waals surface area contributed by atoms with E-state index < -0.39 is 0 Å². The average Bonchev–Trinajstić information content (AvgIpc) is 2.96. The standard InChI is InChI=1S/C22H25N3O/c1-3-4-8-15-23-22-24-20(16-18-9-6-5-7-10-18)21(26)25(22)19-13-11-17(2)12-14-19/h5-7,9-14,16H,3-4,8,15H2,1-2H3,(H,23,24)/b20-16+. The maximum atomic E-state index is 13.0. The molecule has 0 aromatic heterocycles. The first-order valence-corrected chi connectivity index (χ1v) is 9.18. The highest BCUT2D eigenvalue weighted by atomic mass is 16.2. The Kier molecular flexibility index (Phi) is 5.84. The largest absolute Gasteiger partial charge is 0.321 e. The van der Waals surface area contributed by atoms with Crippen LogP contribution in [0.2, 0.25) is 0 Å². The van der Waals surface area contributed by atoms with E-state index in [4.69, 9.17) is 0 Å². The summed E-state index contributed by atoms with van der Waals surface area (Å²) in [6, 6.07) is 17.8. The molecule has 2 aromatic carbocycles. The fraction of sp³-hybridized carbons (Fsp3) is 0.273. The molecule has 1 heterocycles. The van der Waals surface area contributed by atoms with E-state index in [0.29, 0.717) is 18.2 Å². The van der Waals surface area contributed by atoms with Gasteiger partial charge in [0.15, 0.2) is 0 Å². The van der Waals surface area contributed by atoms with Crippen molar-refractivity contribution in [3.05, 3.63) is 71.4 Å². The zero-order valence-corrected chi connectivity index (χ0v) is 15.4. The fourth-order valence-corrected chi connectivity index (χ4v) is 2.85. The number of carbonyl (C=O) groups excluding carboxylic acids is 1. The number of aryl methyl sites for hydroxylation is 1. The molecule has 1 fully saturated rings. The first-order valence-electron chi connectivity index (χ1n) is 9.18. The number of unbranched alkanes of at least 4 members (excludes halogenated alkanes) is 2. The molecule has 0 unspecified atom stereocenters. The Labute approximate surface area is 155 Å². The van der Waals surface area contributed by atoms with Crippen LogP contribution in [0.1, 0.15) is 37.3 Å². The van der Waals surface area contributed by atoms with Crippen LogP contribution in [-0.2, 0) is 4.79 Å². The van der Waals surface area contributed by atoms with Gasteiger partial charge in [-0.15, -0.1) is 0 Å². The summed E-state index contributed by atoms with van der Waals surface area (Å²) in [5.41, 5.74) is 3.53. The van der Waals surface area contributed by atoms with Crippen molar-refractivity contribution in [2.75, 3.05) is 11.4 Å². The van der Waals surface area contributed by atoms with Gasteiger partial charge in [0.05, 0.1) is 5.69 Å². The third-order valence-electron chi connectivity index (χ3n) is 4.32. The third kappa shape index (κ3) is 4.20. The van der Waals surface area contributed by atoms with Crippen LogP contribution in [0, 0.1) is 6.92 Å². The Morgan fingerprint density at radius 2 is 1.77 bits per heavy atom. The van der Waals surface area contributed by atoms with E-state index in [-0.39, 0.29) is 5.91 Å². The van der Waals surface area contributed by atoms with Gasteiger partial charge in [0.2, 0.25) is 5.96 Å². The molecule has 0 saturated carbocycles. The van der Waals surface area contributed by atoms with Crippen LogP contribution in [-0.4, -0.2) is 18.4 Å². The number of hydrogen-bond donors (Lipinski definition) is 1. The number of hydrogen-bond acceptors (Lipinski definition) is 2. The monoisotopic (exact) mass is 347 g/mol. The summed E-state index contributed by atoms with van der Waals surface area (Å²) in [5, 5.41) is 3.22. The van der Waals surface area contributed by atoms with Gasteiger partial charge in [-0.25, -0.2) is 4.90 Å². The molecule has 0 aliphatic carbocycles. The number of rotatable bonds is 6. The molecular formula is C22H25N3O. The van der Waals surface area contributed by atoms with Crippen molar-refractivity contribution in [2.45, 2.75) is 33.1 Å². The van der Waals surface area contributed by atoms with Gasteiger partial charge in [0, 0.05) is 6.54 Å². The quantitative estimate of drug-likeness (QED) is 0.617. The Morgan fingerprint density at radius 3 is 2.46 bits per heavy atom. The van der Waals surface area contributed by atoms with Gasteiger partial charge >= 0.3 is 0 Å². The number of nitrogens with zero attached hydrogens (tertiary/aromatic N) is 2. The molecule has 4 heteroatoms. The highest BCUT2D eigenvalue weighted by Gasteiger charge is 2.33. The van der Waals surface area contributed by atoms with Gasteiger partial charge in [0.1, 0.15) is 5.70 Å². The summed E-state index contributed by atoms with van der Waals surface area (Å²) in [4.78, 5) is 19.3. The molecule has 1 amide bonds. The van der Waals surface area contributed by atoms with Crippen LogP contribution in [0.15, 0.2) is 65.3 Å². The van der Waals surface area contributed by atoms with Crippen molar-refractivity contribution in [3.63, 3.8) is 0 Å². The molecular weight excluding hydrogens is 322 g/mol. The topological polar surface area (TPSA) is 44.7 Å². The highest BCUT2D eigenvalue weighted by molar-refractivity contribution is 6.29. The zero-order valence-electron chi connectivity index (χ0n) is 15.4. The molecule has 134 valence electrons. The van der Waals surface area contributed by atoms with Crippen LogP contribution in [0.5, 0.6) is 0 Å². The second-order valence-corrected chi connectivity index (χ2v) is 6.48. The first-order chi connectivity index (χ1) is 12.7. The molecule has 0 spiro atoms. The van der Waals surface area contributed by atoms with Crippen LogP contribution >= 0.6 is 0 Å². The molecule has 0 atom stereocenters. The maximum absolute atomic E-state index is 13.0. The normalized spacial score (nSPS) is 17.2. The van der Waals surface area contributed by atoms with Gasteiger partial charge in [-0.3, -0.25) is 9.79 Å². The fourth-order valence-electron chi connectivity index (χ4n) is 2.85. The molecule has 1 aliphatic rings. The minimum absolute atomic E-state index is 0.0769. The average molecular weight is 347 g/mol. The van der Waals surface area contributed by atoms with Gasteiger partial charge in [-0.1, -0.05) is 67.8 Å². The Balaban J connectivity index is 1.91. The lowest BCUT2D eigenvalue weighted by Gasteiger charge is -2.15. The number of amides is 1. The maximum Gasteiger partial charge on any atom is 0.281 e. The number of aliphatic imine (C=N–C) groups is 1. The summed E-state index contributed by atoms with van der Waals surface area (Å²) in [5.74, 6) is 0.532. The second-order valence-electron chi connectivity index (χ2n) is 6.48. The predicted molar refractivity (Wildman–Crippen MR) is 108 cm³/mol. The Hall–Kier alpha value is -2.88. The van der Waals surface area contributed by atoms with Crippen molar-refractivity contribution in [3.8, 4) is 0 Å². The summed E-state index contributed by atoms with van der Waals surface area (Å²) >= 11 is 0. The number of benzene rings is 2. The van der Waals surface area contributed by atoms with Crippen LogP contribution < -0.4 is 10.2 Å². The lowest BCUT2D eigenvalue weighted by Crippen LogP contribution is -2.32. The van der Waals surface area contributed by atoms with E-state index in [0.717, 1.165) is 36.1 Å². The molecule has 1 N–H and O–H groups in total. The van der Waals surface area contributed by atoms with E-state index in [9.17, 15) is 4.79 Å². The van der Waals surface area contributed by atoms with Gasteiger partial charge in [-0.2, -0.15) is 0 Å². The van der Waals surface area contributed by atoms with Crippen LogP contribution in [0.3, 0.4) is 0 Å². The van der Waals surface area contributed by atoms with Crippen molar-refractivity contribution < 1.29 is 4.79 Å². The number of anilines is 1. The molecule has 1 saturated heterocycles. The minimum atomic E-state index is -0.0769. The van der Waals surface area contributed by atoms with Gasteiger partial charge in [-0.05, 0) is 37.1 Å². The zero-order chi connectivity index (χ0) is 18.4. The number of guanidine groups is 1. The van der Waals surface area contributed by atoms with E-state index >= 15 is 0 Å². The summed E-state index contributed by atoms with van der Waals surface area (Å²) < 4.78 is 0. The van der Waals surface area contributed by atoms with Gasteiger partial charge in [0.25, 0.3) is 5.91 Å². The first kappa shape index (κ1) is 17.9. The predicted octanol–water partition coefficient (Wildman–Crippen LogP) is 4.52. The van der Waals surface area contributed by atoms with Crippen LogP contribution in [0.4, 0.5) is 5.69 Å². The van der Waals surface area contributed by atoms with Gasteiger partial charge < -0.3 is 5.32 Å². The van der Waals surface area contributed by atoms with E-state index in [1.807, 2.05) is 67.6 Å². The number of nitrogens with one attached hydrogen (secondary N) is 1. The minimum Gasteiger partial charge on any atom is -0.321 e. The summed E-state index contributed by atoms with van der Waals surface area (Å²) in [6.07, 6.45) is 5.19. The summed E-state index contributed by atoms with van der Waals surface area (Å²) in [7, 11) is 0. The Morgan fingerprint density at radius 1 is 1.04 bits per heavy atom. The molecule has 26 heavy (non-hydrogen) atoms. The van der Waals surface area contributed by atoms with E-state index in [1.54, 1.807) is 4.90 Å². The van der Waals surface area contributed by atoms with Crippen molar-refractivity contribution in [1.29, 1.82) is 0 Å². The lowest BCUT2D eigenvalue weighted by molar-refractivity contribution is -0.113. The molecule has 2 aromatic rings. The molecule has 0 bridgehead atoms. The Bertz CT molecular complexity index is 807. The smallest absolute Gasteiger partial charge is 0.281 e. The molecule has 4 nitrogen and oxygen atoms in total. The van der Waals surface area contributed by atoms with Crippen molar-refractivity contribution in [2.24, 2.45) is 4.99 Å². The highest BCUT2D eigenvalue weighted by Crippen LogP contribution is 2.23. The molecule has 3 rings (SSSR count). The van der Waals surface area contributed by atoms with Crippen molar-refractivity contribution >= 4 is 23.6 Å². The number of carbonyl (C=O) groups is 1. The SMILES string of the molecule is CCCCCN=C1N/C(=C/c2ccccc2)C(=O)N1c1ccc(C)cc1. The van der Waals surface area contributed by atoms with Crippen molar-refractivity contribution in [1.82, 2.24) is 5.32 Å². The van der Waals surface area contributed by atoms with E-state index in [1.165, 1.54) is 0 Å². The van der Waals surface area contributed by atoms with Crippen LogP contribution in [0.25, 0.3) is 6.08 Å². The lowest BCUT2D eigenvalue weighted by atomic mass is 10.2. The molecule has 0 radical (unpaired) electrons. The second kappa shape index (κ2) is 8.48.